The summed E-state index contributed by atoms with van der Waals surface area (Å²) in [7, 11) is 3.27. The molecule has 152 valence electrons. The SMILES string of the molecule is CCNC(=NCC1CCCOC1C(C)(C)C)Nc1ccc(OC)c(OC)c1. The van der Waals surface area contributed by atoms with Crippen LogP contribution < -0.4 is 20.1 Å². The minimum atomic E-state index is 0.121. The van der Waals surface area contributed by atoms with E-state index in [1.807, 2.05) is 18.2 Å². The molecule has 1 aliphatic rings. The first-order valence-electron chi connectivity index (χ1n) is 9.78. The summed E-state index contributed by atoms with van der Waals surface area (Å²) < 4.78 is 16.8. The fourth-order valence-electron chi connectivity index (χ4n) is 3.55. The molecule has 0 saturated carbocycles. The number of hydrogen-bond acceptors (Lipinski definition) is 4. The van der Waals surface area contributed by atoms with E-state index in [0.717, 1.165) is 44.2 Å². The van der Waals surface area contributed by atoms with Crippen LogP contribution in [0.2, 0.25) is 0 Å². The van der Waals surface area contributed by atoms with E-state index < -0.39 is 0 Å². The van der Waals surface area contributed by atoms with E-state index in [4.69, 9.17) is 19.2 Å². The second-order valence-corrected chi connectivity index (χ2v) is 7.97. The molecule has 27 heavy (non-hydrogen) atoms. The Balaban J connectivity index is 2.11. The van der Waals surface area contributed by atoms with Crippen LogP contribution in [0.15, 0.2) is 23.2 Å². The molecule has 2 N–H and O–H groups in total. The Labute approximate surface area is 163 Å². The predicted octanol–water partition coefficient (Wildman–Crippen LogP) is 3.92. The minimum absolute atomic E-state index is 0.121. The molecular weight excluding hydrogens is 342 g/mol. The van der Waals surface area contributed by atoms with E-state index in [0.29, 0.717) is 17.4 Å². The molecule has 0 aromatic heterocycles. The molecule has 1 fully saturated rings. The molecule has 6 heteroatoms. The van der Waals surface area contributed by atoms with Crippen LogP contribution >= 0.6 is 0 Å². The highest BCUT2D eigenvalue weighted by molar-refractivity contribution is 5.93. The summed E-state index contributed by atoms with van der Waals surface area (Å²) in [4.78, 5) is 4.84. The lowest BCUT2D eigenvalue weighted by Gasteiger charge is -2.39. The smallest absolute Gasteiger partial charge is 0.195 e. The Morgan fingerprint density at radius 3 is 2.59 bits per heavy atom. The van der Waals surface area contributed by atoms with Crippen LogP contribution in [0.25, 0.3) is 0 Å². The summed E-state index contributed by atoms with van der Waals surface area (Å²) >= 11 is 0. The lowest BCUT2D eigenvalue weighted by Crippen LogP contribution is -2.42. The van der Waals surface area contributed by atoms with Crippen LogP contribution in [0.3, 0.4) is 0 Å². The molecule has 0 amide bonds. The van der Waals surface area contributed by atoms with Crippen LogP contribution in [0.1, 0.15) is 40.5 Å². The highest BCUT2D eigenvalue weighted by Gasteiger charge is 2.35. The third-order valence-corrected chi connectivity index (χ3v) is 4.77. The maximum atomic E-state index is 6.08. The van der Waals surface area contributed by atoms with E-state index in [2.05, 4.69) is 38.3 Å². The van der Waals surface area contributed by atoms with Crippen molar-refractivity contribution in [1.29, 1.82) is 0 Å². The number of nitrogens with one attached hydrogen (secondary N) is 2. The molecule has 0 bridgehead atoms. The zero-order valence-corrected chi connectivity index (χ0v) is 17.6. The van der Waals surface area contributed by atoms with Crippen molar-refractivity contribution in [2.24, 2.45) is 16.3 Å². The van der Waals surface area contributed by atoms with Gasteiger partial charge in [0.05, 0.1) is 20.3 Å². The Bertz CT molecular complexity index is 626. The van der Waals surface area contributed by atoms with Crippen LogP contribution in [0.5, 0.6) is 11.5 Å². The molecule has 1 aliphatic heterocycles. The second kappa shape index (κ2) is 9.83. The number of guanidine groups is 1. The summed E-state index contributed by atoms with van der Waals surface area (Å²) in [6.07, 6.45) is 2.49. The van der Waals surface area contributed by atoms with Gasteiger partial charge in [-0.3, -0.25) is 4.99 Å². The van der Waals surface area contributed by atoms with E-state index in [1.54, 1.807) is 14.2 Å². The molecular formula is C21H35N3O3. The lowest BCUT2D eigenvalue weighted by atomic mass is 9.78. The van der Waals surface area contributed by atoms with Gasteiger partial charge in [0.15, 0.2) is 17.5 Å². The molecule has 1 aromatic carbocycles. The zero-order chi connectivity index (χ0) is 19.9. The van der Waals surface area contributed by atoms with E-state index in [-0.39, 0.29) is 11.5 Å². The number of benzene rings is 1. The van der Waals surface area contributed by atoms with Gasteiger partial charge in [-0.25, -0.2) is 0 Å². The minimum Gasteiger partial charge on any atom is -0.493 e. The third kappa shape index (κ3) is 6.03. The van der Waals surface area contributed by atoms with Crippen LogP contribution in [-0.2, 0) is 4.74 Å². The normalized spacial score (nSPS) is 20.9. The number of aliphatic imine (C=N–C) groups is 1. The summed E-state index contributed by atoms with van der Waals surface area (Å²) in [6, 6.07) is 5.75. The van der Waals surface area contributed by atoms with Crippen molar-refractivity contribution in [3.05, 3.63) is 18.2 Å². The summed E-state index contributed by atoms with van der Waals surface area (Å²) in [6.45, 7) is 11.2. The fourth-order valence-corrected chi connectivity index (χ4v) is 3.55. The highest BCUT2D eigenvalue weighted by Crippen LogP contribution is 2.34. The first-order valence-corrected chi connectivity index (χ1v) is 9.78. The Morgan fingerprint density at radius 1 is 1.22 bits per heavy atom. The predicted molar refractivity (Wildman–Crippen MR) is 111 cm³/mol. The maximum absolute atomic E-state index is 6.08. The first kappa shape index (κ1) is 21.4. The number of anilines is 1. The number of methoxy groups -OCH3 is 2. The fraction of sp³-hybridized carbons (Fsp3) is 0.667. The van der Waals surface area contributed by atoms with Gasteiger partial charge in [-0.15, -0.1) is 0 Å². The molecule has 6 nitrogen and oxygen atoms in total. The number of nitrogens with zero attached hydrogens (tertiary/aromatic N) is 1. The number of ether oxygens (including phenoxy) is 3. The average Bonchev–Trinajstić information content (AvgIpc) is 2.65. The van der Waals surface area contributed by atoms with Crippen molar-refractivity contribution >= 4 is 11.6 Å². The third-order valence-electron chi connectivity index (χ3n) is 4.77. The van der Waals surface area contributed by atoms with Crippen molar-refractivity contribution in [3.8, 4) is 11.5 Å². The molecule has 0 spiro atoms. The molecule has 0 radical (unpaired) electrons. The quantitative estimate of drug-likeness (QED) is 0.581. The molecule has 1 saturated heterocycles. The Kier molecular flexibility index (Phi) is 7.78. The van der Waals surface area contributed by atoms with Gasteiger partial charge < -0.3 is 24.8 Å². The van der Waals surface area contributed by atoms with E-state index in [9.17, 15) is 0 Å². The zero-order valence-electron chi connectivity index (χ0n) is 17.6. The van der Waals surface area contributed by atoms with Crippen LogP contribution in [0.4, 0.5) is 5.69 Å². The monoisotopic (exact) mass is 377 g/mol. The molecule has 2 unspecified atom stereocenters. The van der Waals surface area contributed by atoms with Crippen LogP contribution in [0, 0.1) is 11.3 Å². The van der Waals surface area contributed by atoms with Gasteiger partial charge in [0, 0.05) is 37.4 Å². The van der Waals surface area contributed by atoms with Crippen molar-refractivity contribution < 1.29 is 14.2 Å². The molecule has 1 heterocycles. The van der Waals surface area contributed by atoms with Gasteiger partial charge in [-0.2, -0.15) is 0 Å². The van der Waals surface area contributed by atoms with Crippen molar-refractivity contribution in [3.63, 3.8) is 0 Å². The molecule has 2 atom stereocenters. The van der Waals surface area contributed by atoms with Gasteiger partial charge in [-0.05, 0) is 37.3 Å². The molecule has 2 rings (SSSR count). The van der Waals surface area contributed by atoms with Gasteiger partial charge in [0.2, 0.25) is 0 Å². The second-order valence-electron chi connectivity index (χ2n) is 7.97. The average molecular weight is 378 g/mol. The van der Waals surface area contributed by atoms with E-state index >= 15 is 0 Å². The summed E-state index contributed by atoms with van der Waals surface area (Å²) in [5.41, 5.74) is 1.02. The maximum Gasteiger partial charge on any atom is 0.195 e. The van der Waals surface area contributed by atoms with Crippen LogP contribution in [-0.4, -0.2) is 46.0 Å². The first-order chi connectivity index (χ1) is 12.9. The lowest BCUT2D eigenvalue weighted by molar-refractivity contribution is -0.0823. The standard InChI is InChI=1S/C21H35N3O3/c1-7-22-20(24-16-10-11-17(25-5)18(13-16)26-6)23-14-15-9-8-12-27-19(15)21(2,3)4/h10-11,13,15,19H,7-9,12,14H2,1-6H3,(H2,22,23,24). The van der Waals surface area contributed by atoms with E-state index in [1.165, 1.54) is 0 Å². The Morgan fingerprint density at radius 2 is 1.96 bits per heavy atom. The number of hydrogen-bond donors (Lipinski definition) is 2. The Hall–Kier alpha value is -1.95. The number of rotatable bonds is 6. The highest BCUT2D eigenvalue weighted by atomic mass is 16.5. The van der Waals surface area contributed by atoms with Gasteiger partial charge in [0.1, 0.15) is 0 Å². The topological polar surface area (TPSA) is 64.1 Å². The van der Waals surface area contributed by atoms with Crippen molar-refractivity contribution in [2.45, 2.75) is 46.6 Å². The van der Waals surface area contributed by atoms with Gasteiger partial charge in [0.25, 0.3) is 0 Å². The van der Waals surface area contributed by atoms with Gasteiger partial charge >= 0.3 is 0 Å². The van der Waals surface area contributed by atoms with Gasteiger partial charge in [-0.1, -0.05) is 20.8 Å². The largest absolute Gasteiger partial charge is 0.493 e. The van der Waals surface area contributed by atoms with Crippen molar-refractivity contribution in [2.75, 3.05) is 39.2 Å². The molecule has 1 aromatic rings. The molecule has 0 aliphatic carbocycles. The summed E-state index contributed by atoms with van der Waals surface area (Å²) in [5, 5.41) is 6.68. The summed E-state index contributed by atoms with van der Waals surface area (Å²) in [5.74, 6) is 2.59. The van der Waals surface area contributed by atoms with Crippen molar-refractivity contribution in [1.82, 2.24) is 5.32 Å².